The van der Waals surface area contributed by atoms with Crippen LogP contribution in [0, 0.1) is 0 Å². The summed E-state index contributed by atoms with van der Waals surface area (Å²) in [4.78, 5) is 10.7. The highest BCUT2D eigenvalue weighted by molar-refractivity contribution is 7.86. The van der Waals surface area contributed by atoms with Gasteiger partial charge in [-0.2, -0.15) is 21.4 Å². The Morgan fingerprint density at radius 3 is 2.24 bits per heavy atom. The number of rotatable bonds is 12. The fourth-order valence-electron chi connectivity index (χ4n) is 7.21. The van der Waals surface area contributed by atoms with Crippen LogP contribution in [0.15, 0.2) is 80.6 Å². The van der Waals surface area contributed by atoms with E-state index in [-0.39, 0.29) is 22.3 Å². The Bertz CT molecular complexity index is 2030. The lowest BCUT2D eigenvalue weighted by molar-refractivity contribution is -0.438. The highest BCUT2D eigenvalue weighted by Gasteiger charge is 2.45. The summed E-state index contributed by atoms with van der Waals surface area (Å²) in [5, 5.41) is 13.2. The zero-order valence-corrected chi connectivity index (χ0v) is 30.6. The van der Waals surface area contributed by atoms with Gasteiger partial charge in [-0.1, -0.05) is 37.6 Å². The molecule has 1 atom stereocenters. The number of allylic oxidation sites excluding steroid dienone is 5. The van der Waals surface area contributed by atoms with Crippen molar-refractivity contribution >= 4 is 54.9 Å². The number of fused-ring (bicyclic) bond motifs is 2. The van der Waals surface area contributed by atoms with Crippen molar-refractivity contribution in [2.75, 3.05) is 11.9 Å². The first-order valence-corrected chi connectivity index (χ1v) is 19.7. The fourth-order valence-corrected chi connectivity index (χ4v) is 8.56. The second-order valence-corrected chi connectivity index (χ2v) is 17.3. The van der Waals surface area contributed by atoms with E-state index in [0.29, 0.717) is 24.4 Å². The zero-order chi connectivity index (χ0) is 35.9. The summed E-state index contributed by atoms with van der Waals surface area (Å²) in [6.07, 6.45) is 11.5. The number of nitrogens with zero attached hydrogens (tertiary/aromatic N) is 1. The predicted molar refractivity (Wildman–Crippen MR) is 190 cm³/mol. The molecule has 2 aromatic rings. The van der Waals surface area contributed by atoms with Gasteiger partial charge in [0.05, 0.1) is 15.2 Å². The van der Waals surface area contributed by atoms with Crippen LogP contribution in [0.3, 0.4) is 0 Å². The van der Waals surface area contributed by atoms with Gasteiger partial charge in [0.1, 0.15) is 6.54 Å². The van der Waals surface area contributed by atoms with Crippen LogP contribution in [-0.2, 0) is 35.9 Å². The number of hydrogen-bond acceptors (Lipinski definition) is 6. The van der Waals surface area contributed by atoms with Crippen LogP contribution in [0.25, 0.3) is 0 Å². The number of unbranched alkanes of at least 4 members (excludes halogenated alkanes) is 2. The normalized spacial score (nSPS) is 21.0. The molecule has 0 amide bonds. The Kier molecular flexibility index (Phi) is 10.4. The summed E-state index contributed by atoms with van der Waals surface area (Å²) in [6.45, 7) is 8.73. The van der Waals surface area contributed by atoms with Crippen LogP contribution in [0.1, 0.15) is 90.2 Å². The molecule has 10 nitrogen and oxygen atoms in total. The summed E-state index contributed by atoms with van der Waals surface area (Å²) in [5.74, 6) is -0.825. The van der Waals surface area contributed by atoms with E-state index >= 15 is 0 Å². The molecule has 0 radical (unpaired) electrons. The van der Waals surface area contributed by atoms with Crippen LogP contribution in [0.2, 0.25) is 0 Å². The number of carbonyl (C=O) groups is 1. The number of hydrogen-bond donors (Lipinski definition) is 4. The van der Waals surface area contributed by atoms with Crippen molar-refractivity contribution < 1.29 is 40.4 Å². The van der Waals surface area contributed by atoms with Gasteiger partial charge in [0.2, 0.25) is 5.69 Å². The second-order valence-electron chi connectivity index (χ2n) is 14.1. The van der Waals surface area contributed by atoms with E-state index in [0.717, 1.165) is 71.5 Å². The summed E-state index contributed by atoms with van der Waals surface area (Å²) in [7, 11) is -8.72. The largest absolute Gasteiger partial charge is 0.481 e. The molecule has 264 valence electrons. The number of aliphatic carboxylic acids is 1. The van der Waals surface area contributed by atoms with Gasteiger partial charge in [-0.25, -0.2) is 0 Å². The van der Waals surface area contributed by atoms with Gasteiger partial charge in [0.15, 0.2) is 5.71 Å². The van der Waals surface area contributed by atoms with Crippen molar-refractivity contribution in [3.8, 4) is 0 Å². The minimum Gasteiger partial charge on any atom is -0.481 e. The van der Waals surface area contributed by atoms with Gasteiger partial charge in [-0.15, -0.1) is 0 Å². The molecule has 0 saturated carbocycles. The van der Waals surface area contributed by atoms with E-state index in [1.807, 2.05) is 39.8 Å². The number of benzene rings is 2. The molecule has 3 aliphatic rings. The molecule has 0 spiro atoms. The molecule has 2 aromatic carbocycles. The number of carboxylic acid groups (broad SMARTS) is 1. The van der Waals surface area contributed by atoms with E-state index in [4.69, 9.17) is 16.7 Å². The smallest absolute Gasteiger partial charge is 0.303 e. The molecular formula is C36H44ClN2O8S2+. The first-order chi connectivity index (χ1) is 22.8. The quantitative estimate of drug-likeness (QED) is 0.0983. The third-order valence-corrected chi connectivity index (χ3v) is 12.3. The molecule has 1 aliphatic carbocycles. The molecule has 0 fully saturated rings. The summed E-state index contributed by atoms with van der Waals surface area (Å²) < 4.78 is 69.0. The number of halogens is 1. The molecule has 0 saturated heterocycles. The third-order valence-electron chi connectivity index (χ3n) is 10.1. The molecule has 0 bridgehead atoms. The van der Waals surface area contributed by atoms with Crippen LogP contribution in [0.4, 0.5) is 11.4 Å². The number of carboxylic acids is 1. The van der Waals surface area contributed by atoms with Crippen molar-refractivity contribution in [3.63, 3.8) is 0 Å². The monoisotopic (exact) mass is 731 g/mol. The minimum absolute atomic E-state index is 0.0259. The van der Waals surface area contributed by atoms with E-state index in [1.54, 1.807) is 12.1 Å². The Labute approximate surface area is 293 Å². The van der Waals surface area contributed by atoms with Gasteiger partial charge in [0.25, 0.3) is 20.2 Å². The highest BCUT2D eigenvalue weighted by Crippen LogP contribution is 2.45. The molecule has 49 heavy (non-hydrogen) atoms. The van der Waals surface area contributed by atoms with Crippen molar-refractivity contribution in [3.05, 3.63) is 81.9 Å². The molecule has 2 aliphatic heterocycles. The van der Waals surface area contributed by atoms with Crippen LogP contribution in [-0.4, -0.2) is 59.9 Å². The van der Waals surface area contributed by atoms with E-state index in [9.17, 15) is 30.7 Å². The topological polar surface area (TPSA) is 161 Å². The Morgan fingerprint density at radius 1 is 0.939 bits per heavy atom. The van der Waals surface area contributed by atoms with Crippen molar-refractivity contribution in [2.45, 2.75) is 106 Å². The lowest BCUT2D eigenvalue weighted by Gasteiger charge is -2.27. The number of anilines is 1. The molecule has 1 unspecified atom stereocenters. The van der Waals surface area contributed by atoms with Gasteiger partial charge < -0.3 is 10.4 Å². The lowest BCUT2D eigenvalue weighted by atomic mass is 9.79. The lowest BCUT2D eigenvalue weighted by Crippen LogP contribution is -2.32. The molecule has 0 aromatic heterocycles. The van der Waals surface area contributed by atoms with Crippen molar-refractivity contribution in [2.24, 2.45) is 0 Å². The first-order valence-electron chi connectivity index (χ1n) is 16.5. The predicted octanol–water partition coefficient (Wildman–Crippen LogP) is 7.52. The zero-order valence-electron chi connectivity index (χ0n) is 28.2. The molecule has 13 heteroatoms. The summed E-state index contributed by atoms with van der Waals surface area (Å²) in [6, 6.07) is 9.23. The van der Waals surface area contributed by atoms with Gasteiger partial charge in [-0.05, 0) is 99.4 Å². The van der Waals surface area contributed by atoms with E-state index in [2.05, 4.69) is 16.0 Å². The Balaban J connectivity index is 1.41. The molecule has 5 rings (SSSR count). The maximum atomic E-state index is 12.0. The average Bonchev–Trinajstić information content (AvgIpc) is 3.39. The SMILES string of the molecule is CC1(C)C(/C=C/C2=C(Cl)C(=C/CC3Nc4ccc(S(=O)(=O)O)cc4C3(C)C)/CCC2)=[N+](CCCCCC(=O)O)c2ccc(S(=O)(=O)O)cc21. The first kappa shape index (κ1) is 37.0. The fraction of sp³-hybridized carbons (Fsp3) is 0.444. The van der Waals surface area contributed by atoms with Crippen molar-refractivity contribution in [1.29, 1.82) is 0 Å². The summed E-state index contributed by atoms with van der Waals surface area (Å²) in [5.41, 5.74) is 5.23. The highest BCUT2D eigenvalue weighted by atomic mass is 35.5. The molecule has 4 N–H and O–H groups in total. The van der Waals surface area contributed by atoms with E-state index in [1.165, 1.54) is 24.3 Å². The maximum Gasteiger partial charge on any atom is 0.303 e. The third kappa shape index (κ3) is 7.73. The summed E-state index contributed by atoms with van der Waals surface area (Å²) >= 11 is 7.04. The minimum atomic E-state index is -4.40. The van der Waals surface area contributed by atoms with Crippen molar-refractivity contribution in [1.82, 2.24) is 0 Å². The second kappa shape index (κ2) is 13.8. The maximum absolute atomic E-state index is 12.0. The van der Waals surface area contributed by atoms with Crippen LogP contribution in [0.5, 0.6) is 0 Å². The average molecular weight is 732 g/mol. The molecular weight excluding hydrogens is 688 g/mol. The Hall–Kier alpha value is -3.29. The number of nitrogens with one attached hydrogen (secondary N) is 1. The van der Waals surface area contributed by atoms with Gasteiger partial charge >= 0.3 is 5.97 Å². The van der Waals surface area contributed by atoms with Gasteiger partial charge in [0, 0.05) is 52.7 Å². The van der Waals surface area contributed by atoms with Gasteiger partial charge in [-0.3, -0.25) is 13.9 Å². The van der Waals surface area contributed by atoms with Crippen LogP contribution >= 0.6 is 11.6 Å². The standard InChI is InChI=1S/C36H43ClN2O8S2/c1-35(2)27-21-25(48(42,43)44)14-16-29(27)38-31(35)18-12-23-9-8-10-24(34(23)37)13-19-32-36(3,4)28-22-26(49(45,46)47)15-17-30(28)39(32)20-7-5-6-11-33(40)41/h12-17,19,21-22,31,38H,5-11,18,20H2,1-4H3,(H2-,40,41,42,43,44,45,46,47)/p+1/b19-13+,23-12+. The van der Waals surface area contributed by atoms with Crippen LogP contribution < -0.4 is 5.32 Å². The Morgan fingerprint density at radius 2 is 1.59 bits per heavy atom. The van der Waals surface area contributed by atoms with E-state index < -0.39 is 37.0 Å². The molecule has 2 heterocycles.